The molecular weight excluding hydrogens is 224 g/mol. The van der Waals surface area contributed by atoms with Gasteiger partial charge >= 0.3 is 5.97 Å². The maximum atomic E-state index is 10.3. The van der Waals surface area contributed by atoms with Crippen molar-refractivity contribution in [1.82, 2.24) is 0 Å². The monoisotopic (exact) mass is 246 g/mol. The van der Waals surface area contributed by atoms with Gasteiger partial charge in [0.05, 0.1) is 0 Å². The molecule has 0 amide bonds. The van der Waals surface area contributed by atoms with Crippen LogP contribution in [0.1, 0.15) is 51.2 Å². The van der Waals surface area contributed by atoms with Crippen LogP contribution in [-0.4, -0.2) is 11.1 Å². The van der Waals surface area contributed by atoms with Crippen LogP contribution in [0.15, 0.2) is 30.3 Å². The quantitative estimate of drug-likeness (QED) is 0.788. The van der Waals surface area contributed by atoms with Gasteiger partial charge in [-0.2, -0.15) is 0 Å². The molecule has 0 saturated carbocycles. The fourth-order valence-electron chi connectivity index (χ4n) is 1.68. The van der Waals surface area contributed by atoms with Gasteiger partial charge in [0.15, 0.2) is 0 Å². The summed E-state index contributed by atoms with van der Waals surface area (Å²) in [6.07, 6.45) is 5.84. The first-order valence-electron chi connectivity index (χ1n) is 6.38. The Morgan fingerprint density at radius 2 is 1.83 bits per heavy atom. The third-order valence-corrected chi connectivity index (χ3v) is 2.85. The Hall–Kier alpha value is -1.57. The summed E-state index contributed by atoms with van der Waals surface area (Å²) in [7, 11) is 0. The van der Waals surface area contributed by atoms with Crippen LogP contribution in [0.5, 0.6) is 0 Å². The highest BCUT2D eigenvalue weighted by Crippen LogP contribution is 2.22. The SMILES string of the molecule is CC(C)(C)c1ccc(/C=C/CCCC(=O)O)cc1. The molecule has 1 aromatic rings. The fraction of sp³-hybridized carbons (Fsp3) is 0.438. The third kappa shape index (κ3) is 5.17. The average Bonchev–Trinajstić information content (AvgIpc) is 2.27. The fourth-order valence-corrected chi connectivity index (χ4v) is 1.68. The molecule has 0 aliphatic heterocycles. The van der Waals surface area contributed by atoms with Gasteiger partial charge in [-0.3, -0.25) is 4.79 Å². The molecule has 2 nitrogen and oxygen atoms in total. The van der Waals surface area contributed by atoms with E-state index in [0.717, 1.165) is 6.42 Å². The summed E-state index contributed by atoms with van der Waals surface area (Å²) in [4.78, 5) is 10.3. The minimum Gasteiger partial charge on any atom is -0.481 e. The summed E-state index contributed by atoms with van der Waals surface area (Å²) in [5.74, 6) is -0.724. The first-order chi connectivity index (χ1) is 8.39. The van der Waals surface area contributed by atoms with Crippen molar-refractivity contribution in [3.63, 3.8) is 0 Å². The molecule has 0 bridgehead atoms. The van der Waals surface area contributed by atoms with E-state index in [1.807, 2.05) is 12.2 Å². The van der Waals surface area contributed by atoms with Gasteiger partial charge < -0.3 is 5.11 Å². The molecule has 0 aliphatic rings. The number of benzene rings is 1. The predicted molar refractivity (Wildman–Crippen MR) is 75.7 cm³/mol. The molecule has 0 unspecified atom stereocenters. The topological polar surface area (TPSA) is 37.3 Å². The Kier molecular flexibility index (Phi) is 5.14. The second kappa shape index (κ2) is 6.39. The summed E-state index contributed by atoms with van der Waals surface area (Å²) in [5, 5.41) is 8.51. The minimum atomic E-state index is -0.724. The first-order valence-corrected chi connectivity index (χ1v) is 6.38. The summed E-state index contributed by atoms with van der Waals surface area (Å²) in [6, 6.07) is 8.51. The van der Waals surface area contributed by atoms with Crippen LogP contribution >= 0.6 is 0 Å². The molecule has 0 radical (unpaired) electrons. The van der Waals surface area contributed by atoms with Crippen molar-refractivity contribution < 1.29 is 9.90 Å². The highest BCUT2D eigenvalue weighted by Gasteiger charge is 2.12. The number of hydrogen-bond donors (Lipinski definition) is 1. The van der Waals surface area contributed by atoms with Gasteiger partial charge in [0, 0.05) is 6.42 Å². The van der Waals surface area contributed by atoms with Crippen LogP contribution in [0.3, 0.4) is 0 Å². The Labute approximate surface area is 109 Å². The van der Waals surface area contributed by atoms with E-state index < -0.39 is 5.97 Å². The molecule has 98 valence electrons. The molecule has 0 fully saturated rings. The lowest BCUT2D eigenvalue weighted by molar-refractivity contribution is -0.137. The molecule has 0 heterocycles. The van der Waals surface area contributed by atoms with Crippen LogP contribution in [0.4, 0.5) is 0 Å². The molecule has 1 rings (SSSR count). The van der Waals surface area contributed by atoms with Crippen molar-refractivity contribution in [2.75, 3.05) is 0 Å². The highest BCUT2D eigenvalue weighted by atomic mass is 16.4. The summed E-state index contributed by atoms with van der Waals surface area (Å²) in [5.41, 5.74) is 2.67. The normalized spacial score (nSPS) is 11.9. The number of allylic oxidation sites excluding steroid dienone is 1. The molecule has 0 aliphatic carbocycles. The van der Waals surface area contributed by atoms with Crippen molar-refractivity contribution >= 4 is 12.0 Å². The number of carbonyl (C=O) groups is 1. The zero-order valence-corrected chi connectivity index (χ0v) is 11.4. The standard InChI is InChI=1S/C16H22O2/c1-16(2,3)14-11-9-13(10-12-14)7-5-4-6-8-15(17)18/h5,7,9-12H,4,6,8H2,1-3H3,(H,17,18)/b7-5+. The van der Waals surface area contributed by atoms with Crippen molar-refractivity contribution in [1.29, 1.82) is 0 Å². The van der Waals surface area contributed by atoms with Gasteiger partial charge in [0.1, 0.15) is 0 Å². The predicted octanol–water partition coefficient (Wildman–Crippen LogP) is 4.25. The first kappa shape index (κ1) is 14.5. The molecule has 0 saturated heterocycles. The molecule has 2 heteroatoms. The molecule has 0 spiro atoms. The second-order valence-electron chi connectivity index (χ2n) is 5.56. The van der Waals surface area contributed by atoms with Gasteiger partial charge in [-0.15, -0.1) is 0 Å². The summed E-state index contributed by atoms with van der Waals surface area (Å²) < 4.78 is 0. The van der Waals surface area contributed by atoms with Gasteiger partial charge in [-0.25, -0.2) is 0 Å². The zero-order chi connectivity index (χ0) is 13.6. The largest absolute Gasteiger partial charge is 0.481 e. The number of carboxylic acids is 1. The van der Waals surface area contributed by atoms with E-state index in [2.05, 4.69) is 45.0 Å². The lowest BCUT2D eigenvalue weighted by Crippen LogP contribution is -2.10. The van der Waals surface area contributed by atoms with Crippen molar-refractivity contribution in [3.05, 3.63) is 41.5 Å². The van der Waals surface area contributed by atoms with E-state index in [-0.39, 0.29) is 11.8 Å². The highest BCUT2D eigenvalue weighted by molar-refractivity contribution is 5.66. The Bertz CT molecular complexity index is 408. The van der Waals surface area contributed by atoms with Crippen molar-refractivity contribution in [3.8, 4) is 0 Å². The maximum Gasteiger partial charge on any atom is 0.303 e. The minimum absolute atomic E-state index is 0.184. The number of hydrogen-bond acceptors (Lipinski definition) is 1. The molecule has 18 heavy (non-hydrogen) atoms. The van der Waals surface area contributed by atoms with Gasteiger partial charge in [-0.1, -0.05) is 57.2 Å². The lowest BCUT2D eigenvalue weighted by atomic mass is 9.87. The Balaban J connectivity index is 2.49. The number of rotatable bonds is 5. The lowest BCUT2D eigenvalue weighted by Gasteiger charge is -2.18. The van der Waals surface area contributed by atoms with Gasteiger partial charge in [0.25, 0.3) is 0 Å². The van der Waals surface area contributed by atoms with Crippen molar-refractivity contribution in [2.24, 2.45) is 0 Å². The van der Waals surface area contributed by atoms with E-state index >= 15 is 0 Å². The van der Waals surface area contributed by atoms with Crippen LogP contribution in [0.25, 0.3) is 6.08 Å². The Morgan fingerprint density at radius 3 is 2.33 bits per heavy atom. The third-order valence-electron chi connectivity index (χ3n) is 2.85. The molecule has 0 atom stereocenters. The van der Waals surface area contributed by atoms with Gasteiger partial charge in [-0.05, 0) is 29.4 Å². The average molecular weight is 246 g/mol. The number of carboxylic acid groups (broad SMARTS) is 1. The molecule has 1 aromatic carbocycles. The van der Waals surface area contributed by atoms with E-state index in [1.54, 1.807) is 0 Å². The van der Waals surface area contributed by atoms with Crippen LogP contribution < -0.4 is 0 Å². The zero-order valence-electron chi connectivity index (χ0n) is 11.4. The van der Waals surface area contributed by atoms with E-state index in [9.17, 15) is 4.79 Å². The van der Waals surface area contributed by atoms with E-state index in [4.69, 9.17) is 5.11 Å². The van der Waals surface area contributed by atoms with Crippen LogP contribution in [0.2, 0.25) is 0 Å². The Morgan fingerprint density at radius 1 is 1.22 bits per heavy atom. The number of aliphatic carboxylic acids is 1. The molecule has 0 aromatic heterocycles. The van der Waals surface area contributed by atoms with Crippen molar-refractivity contribution in [2.45, 2.75) is 45.4 Å². The van der Waals surface area contributed by atoms with Gasteiger partial charge in [0.2, 0.25) is 0 Å². The van der Waals surface area contributed by atoms with E-state index in [1.165, 1.54) is 11.1 Å². The second-order valence-corrected chi connectivity index (χ2v) is 5.56. The number of unbranched alkanes of at least 4 members (excludes halogenated alkanes) is 1. The summed E-state index contributed by atoms with van der Waals surface area (Å²) >= 11 is 0. The molecule has 1 N–H and O–H groups in total. The smallest absolute Gasteiger partial charge is 0.303 e. The van der Waals surface area contributed by atoms with Crippen LogP contribution in [0, 0.1) is 0 Å². The van der Waals surface area contributed by atoms with E-state index in [0.29, 0.717) is 6.42 Å². The van der Waals surface area contributed by atoms with Crippen LogP contribution in [-0.2, 0) is 10.2 Å². The maximum absolute atomic E-state index is 10.3. The summed E-state index contributed by atoms with van der Waals surface area (Å²) in [6.45, 7) is 6.59. The molecular formula is C16H22O2.